The number of benzene rings is 1. The predicted octanol–water partition coefficient (Wildman–Crippen LogP) is 1.86. The average Bonchev–Trinajstić information content (AvgIpc) is 2.36. The first-order chi connectivity index (χ1) is 8.61. The van der Waals surface area contributed by atoms with Crippen molar-refractivity contribution >= 4 is 5.69 Å². The maximum atomic E-state index is 9.75. The van der Waals surface area contributed by atoms with Gasteiger partial charge in [-0.3, -0.25) is 0 Å². The lowest BCUT2D eigenvalue weighted by Crippen LogP contribution is -2.35. The second-order valence-corrected chi connectivity index (χ2v) is 4.56. The number of hydrogen-bond donors (Lipinski definition) is 3. The van der Waals surface area contributed by atoms with Crippen LogP contribution in [0.5, 0.6) is 5.75 Å². The van der Waals surface area contributed by atoms with Crippen molar-refractivity contribution < 1.29 is 9.84 Å². The van der Waals surface area contributed by atoms with Gasteiger partial charge in [0.25, 0.3) is 0 Å². The zero-order chi connectivity index (χ0) is 13.4. The number of nitrogens with one attached hydrogen (secondary N) is 2. The fourth-order valence-corrected chi connectivity index (χ4v) is 1.52. The fourth-order valence-electron chi connectivity index (χ4n) is 1.52. The van der Waals surface area contributed by atoms with Gasteiger partial charge in [0.15, 0.2) is 0 Å². The van der Waals surface area contributed by atoms with Crippen molar-refractivity contribution in [2.75, 3.05) is 25.0 Å². The van der Waals surface area contributed by atoms with Crippen LogP contribution in [0.15, 0.2) is 24.3 Å². The molecule has 0 fully saturated rings. The van der Waals surface area contributed by atoms with Crippen molar-refractivity contribution in [1.82, 2.24) is 5.32 Å². The first kappa shape index (κ1) is 14.8. The highest BCUT2D eigenvalue weighted by Crippen LogP contribution is 2.15. The van der Waals surface area contributed by atoms with E-state index in [9.17, 15) is 5.11 Å². The molecule has 0 bridgehead atoms. The summed E-state index contributed by atoms with van der Waals surface area (Å²) in [5.74, 6) is 0.866. The van der Waals surface area contributed by atoms with E-state index >= 15 is 0 Å². The van der Waals surface area contributed by atoms with Gasteiger partial charge in [0.1, 0.15) is 5.75 Å². The molecule has 0 heterocycles. The molecule has 0 radical (unpaired) electrons. The fraction of sp³-hybridized carbons (Fsp3) is 0.571. The highest BCUT2D eigenvalue weighted by Gasteiger charge is 2.04. The molecule has 1 rings (SSSR count). The van der Waals surface area contributed by atoms with E-state index in [1.165, 1.54) is 0 Å². The number of anilines is 1. The molecule has 0 aromatic heterocycles. The summed E-state index contributed by atoms with van der Waals surface area (Å²) in [6, 6.07) is 8.14. The normalized spacial score (nSPS) is 12.5. The maximum Gasteiger partial charge on any atom is 0.119 e. The minimum Gasteiger partial charge on any atom is -0.494 e. The van der Waals surface area contributed by atoms with Crippen LogP contribution in [0.25, 0.3) is 0 Å². The quantitative estimate of drug-likeness (QED) is 0.661. The van der Waals surface area contributed by atoms with Crippen LogP contribution in [0, 0.1) is 0 Å². The molecule has 0 saturated carbocycles. The van der Waals surface area contributed by atoms with E-state index in [1.807, 2.05) is 31.2 Å². The Morgan fingerprint density at radius 2 is 1.83 bits per heavy atom. The Kier molecular flexibility index (Phi) is 6.54. The van der Waals surface area contributed by atoms with Crippen molar-refractivity contribution in [2.45, 2.75) is 32.9 Å². The number of aliphatic hydroxyl groups excluding tert-OH is 1. The molecule has 102 valence electrons. The molecule has 1 atom stereocenters. The molecule has 0 aliphatic rings. The van der Waals surface area contributed by atoms with Crippen molar-refractivity contribution in [3.63, 3.8) is 0 Å². The summed E-state index contributed by atoms with van der Waals surface area (Å²) >= 11 is 0. The molecule has 3 N–H and O–H groups in total. The minimum atomic E-state index is -0.390. The summed E-state index contributed by atoms with van der Waals surface area (Å²) in [5, 5.41) is 16.1. The van der Waals surface area contributed by atoms with E-state index in [2.05, 4.69) is 24.5 Å². The summed E-state index contributed by atoms with van der Waals surface area (Å²) in [4.78, 5) is 0. The van der Waals surface area contributed by atoms with Gasteiger partial charge in [-0.1, -0.05) is 13.8 Å². The van der Waals surface area contributed by atoms with Crippen LogP contribution in [0.2, 0.25) is 0 Å². The molecule has 4 heteroatoms. The highest BCUT2D eigenvalue weighted by molar-refractivity contribution is 5.46. The largest absolute Gasteiger partial charge is 0.494 e. The molecular formula is C14H24N2O2. The number of rotatable bonds is 8. The third-order valence-corrected chi connectivity index (χ3v) is 2.47. The molecule has 1 aromatic carbocycles. The molecule has 0 saturated heterocycles. The lowest BCUT2D eigenvalue weighted by Gasteiger charge is -2.15. The predicted molar refractivity (Wildman–Crippen MR) is 75.2 cm³/mol. The van der Waals surface area contributed by atoms with Crippen molar-refractivity contribution in [3.8, 4) is 5.75 Å². The van der Waals surface area contributed by atoms with Crippen molar-refractivity contribution in [2.24, 2.45) is 0 Å². The van der Waals surface area contributed by atoms with Crippen LogP contribution in [0.4, 0.5) is 5.69 Å². The third-order valence-electron chi connectivity index (χ3n) is 2.47. The second-order valence-electron chi connectivity index (χ2n) is 4.56. The molecule has 1 aromatic rings. The van der Waals surface area contributed by atoms with E-state index in [1.54, 1.807) is 0 Å². The summed E-state index contributed by atoms with van der Waals surface area (Å²) in [6.07, 6.45) is -0.390. The van der Waals surface area contributed by atoms with Crippen LogP contribution in [0.1, 0.15) is 20.8 Å². The monoisotopic (exact) mass is 252 g/mol. The Balaban J connectivity index is 2.29. The van der Waals surface area contributed by atoms with Gasteiger partial charge < -0.3 is 20.5 Å². The molecule has 0 aliphatic heterocycles. The van der Waals surface area contributed by atoms with Gasteiger partial charge in [0.2, 0.25) is 0 Å². The van der Waals surface area contributed by atoms with Crippen LogP contribution < -0.4 is 15.4 Å². The SMILES string of the molecule is CCOc1ccc(NCC(O)CNC(C)C)cc1. The van der Waals surface area contributed by atoms with E-state index < -0.39 is 0 Å². The van der Waals surface area contributed by atoms with Gasteiger partial charge in [0.05, 0.1) is 12.7 Å². The standard InChI is InChI=1S/C14H24N2O2/c1-4-18-14-7-5-12(6-8-14)16-10-13(17)9-15-11(2)3/h5-8,11,13,15-17H,4,9-10H2,1-3H3. The Bertz CT molecular complexity index is 325. The van der Waals surface area contributed by atoms with E-state index in [0.717, 1.165) is 11.4 Å². The molecule has 4 nitrogen and oxygen atoms in total. The van der Waals surface area contributed by atoms with Crippen LogP contribution in [-0.2, 0) is 0 Å². The van der Waals surface area contributed by atoms with Crippen LogP contribution >= 0.6 is 0 Å². The average molecular weight is 252 g/mol. The Morgan fingerprint density at radius 1 is 1.17 bits per heavy atom. The van der Waals surface area contributed by atoms with Gasteiger partial charge in [-0.05, 0) is 31.2 Å². The number of hydrogen-bond acceptors (Lipinski definition) is 4. The van der Waals surface area contributed by atoms with Crippen molar-refractivity contribution in [3.05, 3.63) is 24.3 Å². The Labute approximate surface area is 109 Å². The summed E-state index contributed by atoms with van der Waals surface area (Å²) in [5.41, 5.74) is 0.988. The van der Waals surface area contributed by atoms with E-state index in [0.29, 0.717) is 25.7 Å². The molecule has 0 amide bonds. The van der Waals surface area contributed by atoms with Gasteiger partial charge in [-0.15, -0.1) is 0 Å². The highest BCUT2D eigenvalue weighted by atomic mass is 16.5. The molecule has 0 aliphatic carbocycles. The van der Waals surface area contributed by atoms with Crippen LogP contribution in [0.3, 0.4) is 0 Å². The van der Waals surface area contributed by atoms with Gasteiger partial charge in [-0.2, -0.15) is 0 Å². The van der Waals surface area contributed by atoms with E-state index in [4.69, 9.17) is 4.74 Å². The van der Waals surface area contributed by atoms with Gasteiger partial charge in [0, 0.05) is 24.8 Å². The minimum absolute atomic E-state index is 0.390. The lowest BCUT2D eigenvalue weighted by atomic mass is 10.2. The zero-order valence-corrected chi connectivity index (χ0v) is 11.4. The topological polar surface area (TPSA) is 53.5 Å². The first-order valence-electron chi connectivity index (χ1n) is 6.50. The first-order valence-corrected chi connectivity index (χ1v) is 6.50. The smallest absolute Gasteiger partial charge is 0.119 e. The summed E-state index contributed by atoms with van der Waals surface area (Å²) in [7, 11) is 0. The van der Waals surface area contributed by atoms with Gasteiger partial charge in [-0.25, -0.2) is 0 Å². The van der Waals surface area contributed by atoms with Crippen molar-refractivity contribution in [1.29, 1.82) is 0 Å². The molecule has 1 unspecified atom stereocenters. The summed E-state index contributed by atoms with van der Waals surface area (Å²) < 4.78 is 5.36. The molecule has 18 heavy (non-hydrogen) atoms. The number of aliphatic hydroxyl groups is 1. The maximum absolute atomic E-state index is 9.75. The van der Waals surface area contributed by atoms with Crippen LogP contribution in [-0.4, -0.2) is 36.9 Å². The second kappa shape index (κ2) is 7.95. The molecular weight excluding hydrogens is 228 g/mol. The lowest BCUT2D eigenvalue weighted by molar-refractivity contribution is 0.181. The summed E-state index contributed by atoms with van der Waals surface area (Å²) in [6.45, 7) is 7.89. The third kappa shape index (κ3) is 5.89. The zero-order valence-electron chi connectivity index (χ0n) is 11.4. The Hall–Kier alpha value is -1.26. The van der Waals surface area contributed by atoms with E-state index in [-0.39, 0.29) is 6.10 Å². The molecule has 0 spiro atoms. The number of ether oxygens (including phenoxy) is 1. The Morgan fingerprint density at radius 3 is 2.39 bits per heavy atom. The van der Waals surface area contributed by atoms with Gasteiger partial charge >= 0.3 is 0 Å².